The topological polar surface area (TPSA) is 110 Å². The molecule has 200 valence electrons. The molecule has 0 spiro atoms. The summed E-state index contributed by atoms with van der Waals surface area (Å²) in [4.78, 5) is 32.7. The van der Waals surface area contributed by atoms with Gasteiger partial charge < -0.3 is 15.0 Å². The second kappa shape index (κ2) is 9.71. The minimum Gasteiger partial charge on any atom is -0.457 e. The lowest BCUT2D eigenvalue weighted by molar-refractivity contribution is -0.130. The van der Waals surface area contributed by atoms with Gasteiger partial charge in [-0.15, -0.1) is 0 Å². The highest BCUT2D eigenvalue weighted by atomic mass is 16.5. The van der Waals surface area contributed by atoms with Crippen molar-refractivity contribution in [2.75, 3.05) is 5.32 Å². The van der Waals surface area contributed by atoms with E-state index in [9.17, 15) is 4.79 Å². The number of anilines is 2. The van der Waals surface area contributed by atoms with E-state index >= 15 is 0 Å². The maximum absolute atomic E-state index is 12.4. The second-order valence-electron chi connectivity index (χ2n) is 10.5. The summed E-state index contributed by atoms with van der Waals surface area (Å²) in [5, 5.41) is 7.55. The van der Waals surface area contributed by atoms with Gasteiger partial charge in [-0.1, -0.05) is 6.58 Å². The molecule has 6 heterocycles. The van der Waals surface area contributed by atoms with E-state index in [4.69, 9.17) is 9.72 Å². The Hall–Kier alpha value is -4.86. The summed E-state index contributed by atoms with van der Waals surface area (Å²) < 4.78 is 7.81. The molecule has 0 radical (unpaired) electrons. The van der Waals surface area contributed by atoms with Gasteiger partial charge in [0.15, 0.2) is 11.5 Å². The third-order valence-electron chi connectivity index (χ3n) is 8.00. The van der Waals surface area contributed by atoms with Crippen molar-refractivity contribution >= 4 is 34.1 Å². The fourth-order valence-electron chi connectivity index (χ4n) is 6.12. The van der Waals surface area contributed by atoms with Crippen LogP contribution in [-0.4, -0.2) is 52.4 Å². The number of piperidine rings is 1. The van der Waals surface area contributed by atoms with Gasteiger partial charge >= 0.3 is 0 Å². The number of hydrogen-bond donors (Lipinski definition) is 1. The van der Waals surface area contributed by atoms with Crippen LogP contribution in [0.2, 0.25) is 0 Å². The molecule has 2 aliphatic heterocycles. The minimum atomic E-state index is 0.0420. The highest BCUT2D eigenvalue weighted by Gasteiger charge is 2.43. The van der Waals surface area contributed by atoms with Gasteiger partial charge in [0.1, 0.15) is 29.7 Å². The van der Waals surface area contributed by atoms with Gasteiger partial charge in [-0.2, -0.15) is 5.10 Å². The molecule has 4 aromatic heterocycles. The molecule has 0 aliphatic carbocycles. The van der Waals surface area contributed by atoms with Crippen molar-refractivity contribution in [2.45, 2.75) is 50.6 Å². The van der Waals surface area contributed by atoms with Crippen LogP contribution in [0.15, 0.2) is 74.0 Å². The van der Waals surface area contributed by atoms with E-state index in [0.29, 0.717) is 17.5 Å². The molecular weight excluding hydrogens is 504 g/mol. The molecule has 2 aliphatic rings. The molecule has 10 heteroatoms. The molecule has 1 aromatic carbocycles. The molecule has 40 heavy (non-hydrogen) atoms. The van der Waals surface area contributed by atoms with Crippen molar-refractivity contribution in [3.63, 3.8) is 0 Å². The number of rotatable bonds is 6. The van der Waals surface area contributed by atoms with Crippen LogP contribution < -0.4 is 10.1 Å². The Morgan fingerprint density at radius 1 is 1.05 bits per heavy atom. The van der Waals surface area contributed by atoms with Gasteiger partial charge in [0.05, 0.1) is 5.52 Å². The number of fused-ring (bicyclic) bond motifs is 4. The van der Waals surface area contributed by atoms with Crippen LogP contribution in [0.25, 0.3) is 16.7 Å². The second-order valence-corrected chi connectivity index (χ2v) is 10.5. The molecule has 10 nitrogen and oxygen atoms in total. The Kier molecular flexibility index (Phi) is 5.87. The van der Waals surface area contributed by atoms with Crippen molar-refractivity contribution in [2.24, 2.45) is 0 Å². The van der Waals surface area contributed by atoms with Gasteiger partial charge in [0.2, 0.25) is 5.91 Å². The summed E-state index contributed by atoms with van der Waals surface area (Å²) in [6, 6.07) is 14.2. The van der Waals surface area contributed by atoms with Crippen LogP contribution in [0.1, 0.15) is 42.9 Å². The van der Waals surface area contributed by atoms with Crippen molar-refractivity contribution < 1.29 is 9.53 Å². The van der Waals surface area contributed by atoms with Crippen LogP contribution in [0.5, 0.6) is 11.5 Å². The van der Waals surface area contributed by atoms with Gasteiger partial charge in [-0.3, -0.25) is 4.79 Å². The van der Waals surface area contributed by atoms with Crippen LogP contribution in [0.4, 0.5) is 11.5 Å². The number of amides is 1. The summed E-state index contributed by atoms with van der Waals surface area (Å²) in [5.41, 5.74) is 5.10. The molecule has 1 N–H and O–H groups in total. The first-order chi connectivity index (χ1) is 19.6. The largest absolute Gasteiger partial charge is 0.457 e. The number of hydrogen-bond acceptors (Lipinski definition) is 8. The minimum absolute atomic E-state index is 0.0420. The van der Waals surface area contributed by atoms with E-state index in [0.717, 1.165) is 65.1 Å². The predicted octanol–water partition coefficient (Wildman–Crippen LogP) is 5.33. The van der Waals surface area contributed by atoms with Gasteiger partial charge in [-0.05, 0) is 80.6 Å². The number of aromatic nitrogens is 6. The summed E-state index contributed by atoms with van der Waals surface area (Å²) in [7, 11) is 0. The molecular formula is C30H28N8O2. The van der Waals surface area contributed by atoms with Crippen molar-refractivity contribution in [1.29, 1.82) is 0 Å². The fraction of sp³-hybridized carbons (Fsp3) is 0.267. The number of nitrogens with one attached hydrogen (secondary N) is 1. The molecule has 2 fully saturated rings. The predicted molar refractivity (Wildman–Crippen MR) is 151 cm³/mol. The van der Waals surface area contributed by atoms with Gasteiger partial charge in [0.25, 0.3) is 0 Å². The Morgan fingerprint density at radius 2 is 1.90 bits per heavy atom. The lowest BCUT2D eigenvalue weighted by Gasteiger charge is -2.38. The first kappa shape index (κ1) is 24.2. The molecule has 1 amide bonds. The molecule has 3 atom stereocenters. The van der Waals surface area contributed by atoms with Crippen LogP contribution in [-0.2, 0) is 4.79 Å². The summed E-state index contributed by atoms with van der Waals surface area (Å²) in [6.45, 7) is 5.69. The normalized spacial score (nSPS) is 20.1. The quantitative estimate of drug-likeness (QED) is 0.292. The highest BCUT2D eigenvalue weighted by molar-refractivity contribution is 5.88. The first-order valence-corrected chi connectivity index (χ1v) is 13.5. The van der Waals surface area contributed by atoms with Crippen LogP contribution in [0.3, 0.4) is 0 Å². The van der Waals surface area contributed by atoms with Crippen LogP contribution in [0, 0.1) is 6.92 Å². The Bertz CT molecular complexity index is 1750. The Balaban J connectivity index is 1.12. The van der Waals surface area contributed by atoms with E-state index in [-0.39, 0.29) is 18.0 Å². The molecule has 5 aromatic rings. The number of ether oxygens (including phenoxy) is 1. The van der Waals surface area contributed by atoms with E-state index in [2.05, 4.69) is 38.0 Å². The Morgan fingerprint density at radius 3 is 2.70 bits per heavy atom. The average molecular weight is 533 g/mol. The zero-order valence-electron chi connectivity index (χ0n) is 22.1. The fourth-order valence-corrected chi connectivity index (χ4v) is 6.12. The number of benzene rings is 1. The first-order valence-electron chi connectivity index (χ1n) is 13.5. The van der Waals surface area contributed by atoms with Gasteiger partial charge in [-0.25, -0.2) is 24.5 Å². The van der Waals surface area contributed by atoms with Crippen molar-refractivity contribution in [1.82, 2.24) is 34.4 Å². The highest BCUT2D eigenvalue weighted by Crippen LogP contribution is 2.43. The van der Waals surface area contributed by atoms with Gasteiger partial charge in [0, 0.05) is 41.6 Å². The number of carbonyl (C=O) groups is 1. The summed E-state index contributed by atoms with van der Waals surface area (Å²) in [5.74, 6) is 2.42. The number of carbonyl (C=O) groups excluding carboxylic acids is 1. The summed E-state index contributed by atoms with van der Waals surface area (Å²) >= 11 is 0. The number of pyridine rings is 2. The lowest BCUT2D eigenvalue weighted by Crippen LogP contribution is -2.45. The molecule has 0 saturated carbocycles. The van der Waals surface area contributed by atoms with E-state index in [1.165, 1.54) is 12.4 Å². The Labute approximate surface area is 230 Å². The van der Waals surface area contributed by atoms with Crippen LogP contribution >= 0.6 is 0 Å². The maximum atomic E-state index is 12.4. The smallest absolute Gasteiger partial charge is 0.246 e. The summed E-state index contributed by atoms with van der Waals surface area (Å²) in [6.07, 6.45) is 10.2. The van der Waals surface area contributed by atoms with E-state index in [1.54, 1.807) is 10.8 Å². The third kappa shape index (κ3) is 4.31. The zero-order chi connectivity index (χ0) is 27.2. The van der Waals surface area contributed by atoms with Crippen molar-refractivity contribution in [3.05, 3.63) is 85.2 Å². The maximum Gasteiger partial charge on any atom is 0.246 e. The molecule has 7 rings (SSSR count). The third-order valence-corrected chi connectivity index (χ3v) is 8.00. The zero-order valence-corrected chi connectivity index (χ0v) is 22.1. The SMILES string of the molecule is C=CC(=O)N1[C@@H]2CC[C@H]1CC(c1ccc3ncnc(Nc4ccc(Oc5ccn6ncnc6c5)c(C)c4)c3n1)C2. The number of aryl methyl sites for hydroxylation is 1. The molecule has 2 bridgehead atoms. The number of nitrogens with zero attached hydrogens (tertiary/aromatic N) is 7. The molecule has 2 saturated heterocycles. The lowest BCUT2D eigenvalue weighted by atomic mass is 9.87. The van der Waals surface area contributed by atoms with E-state index in [1.807, 2.05) is 54.4 Å². The van der Waals surface area contributed by atoms with E-state index < -0.39 is 0 Å². The molecule has 1 unspecified atom stereocenters. The average Bonchev–Trinajstić information content (AvgIpc) is 3.54. The monoisotopic (exact) mass is 532 g/mol. The standard InChI is InChI=1S/C30H28N8O2/c1-3-28(39)38-21-5-6-22(38)14-19(13-21)24-7-8-25-29(36-24)30(33-16-31-25)35-20-4-9-26(18(2)12-20)40-23-10-11-37-27(15-23)32-17-34-37/h3-4,7-12,15-17,19,21-22H,1,5-6,13-14H2,2H3,(H,31,33,35)/t19?,21-,22+. The van der Waals surface area contributed by atoms with Crippen molar-refractivity contribution in [3.8, 4) is 11.5 Å².